The van der Waals surface area contributed by atoms with Crippen molar-refractivity contribution in [2.24, 2.45) is 0 Å². The minimum absolute atomic E-state index is 0.119. The zero-order valence-electron chi connectivity index (χ0n) is 11.8. The molecule has 0 saturated carbocycles. The first kappa shape index (κ1) is 17.7. The maximum Gasteiger partial charge on any atom is 0.326 e. The minimum Gasteiger partial charge on any atom is -0.480 e. The number of ketones is 1. The van der Waals surface area contributed by atoms with Gasteiger partial charge >= 0.3 is 12.2 Å². The molecule has 2 unspecified atom stereocenters. The molecule has 22 heavy (non-hydrogen) atoms. The van der Waals surface area contributed by atoms with Crippen molar-refractivity contribution in [3.05, 3.63) is 27.9 Å². The van der Waals surface area contributed by atoms with Crippen LogP contribution >= 0.6 is 11.3 Å². The van der Waals surface area contributed by atoms with Gasteiger partial charge in [-0.1, -0.05) is 0 Å². The maximum absolute atomic E-state index is 12.1. The van der Waals surface area contributed by atoms with E-state index in [1.165, 1.54) is 18.4 Å². The monoisotopic (exact) mass is 325 g/mol. The van der Waals surface area contributed by atoms with Crippen LogP contribution in [-0.4, -0.2) is 46.9 Å². The van der Waals surface area contributed by atoms with Gasteiger partial charge in [-0.25, -0.2) is 4.79 Å². The van der Waals surface area contributed by atoms with Gasteiger partial charge in [0.25, 0.3) is 5.91 Å². The van der Waals surface area contributed by atoms with E-state index >= 15 is 0 Å². The number of Topliss-reactive ketones (excluding diaryl/α,β-unsaturated/α-hetero) is 1. The highest BCUT2D eigenvalue weighted by Crippen LogP contribution is 2.20. The zero-order valence-corrected chi connectivity index (χ0v) is 12.6. The van der Waals surface area contributed by atoms with Gasteiger partial charge < -0.3 is 20.7 Å². The highest BCUT2D eigenvalue weighted by Gasteiger charge is 2.27. The average Bonchev–Trinajstić information content (AvgIpc) is 2.98. The number of nitrogens with one attached hydrogen (secondary N) is 1. The number of aliphatic carboxylic acids is 1. The van der Waals surface area contributed by atoms with E-state index in [4.69, 9.17) is 15.4 Å². The van der Waals surface area contributed by atoms with Gasteiger partial charge in [0.15, 0.2) is 6.10 Å². The Kier molecular flexibility index (Phi) is 7.11. The van der Waals surface area contributed by atoms with Gasteiger partial charge in [-0.2, -0.15) is 16.1 Å². The molecule has 0 aromatic carbocycles. The number of nitrogens with zero attached hydrogens (tertiary/aromatic N) is 2. The summed E-state index contributed by atoms with van der Waals surface area (Å²) in [6, 6.07) is 0.468. The molecule has 0 aliphatic rings. The Morgan fingerprint density at radius 3 is 2.77 bits per heavy atom. The molecule has 1 heterocycles. The number of carboxylic acid groups (broad SMARTS) is 1. The van der Waals surface area contributed by atoms with E-state index in [9.17, 15) is 14.4 Å². The van der Waals surface area contributed by atoms with Gasteiger partial charge in [-0.3, -0.25) is 9.59 Å². The number of methoxy groups -OCH3 is 1. The standard InChI is InChI=1S/C13H15N3O5S/c1-21-11(8-4-5-22-7-8)12(18)16-10(13(19)20)3-2-9(17)6-15-14/h4-7,10-11H,2-3H2,1H3,(H,16,18)(H,19,20). The summed E-state index contributed by atoms with van der Waals surface area (Å²) in [7, 11) is 1.35. The van der Waals surface area contributed by atoms with Crippen molar-refractivity contribution in [2.45, 2.75) is 25.0 Å². The predicted octanol–water partition coefficient (Wildman–Crippen LogP) is 0.655. The lowest BCUT2D eigenvalue weighted by Gasteiger charge is -2.18. The Morgan fingerprint density at radius 2 is 2.27 bits per heavy atom. The fourth-order valence-electron chi connectivity index (χ4n) is 1.74. The van der Waals surface area contributed by atoms with Gasteiger partial charge in [0.05, 0.1) is 0 Å². The number of hydrogen-bond donors (Lipinski definition) is 2. The number of carboxylic acids is 1. The van der Waals surface area contributed by atoms with Crippen molar-refractivity contribution < 1.29 is 29.0 Å². The summed E-state index contributed by atoms with van der Waals surface area (Å²) in [6.45, 7) is 0. The molecular weight excluding hydrogens is 310 g/mol. The highest BCUT2D eigenvalue weighted by atomic mass is 32.1. The molecule has 0 aliphatic heterocycles. The lowest BCUT2D eigenvalue weighted by atomic mass is 10.1. The molecule has 0 aliphatic carbocycles. The molecule has 8 nitrogen and oxygen atoms in total. The number of thiophene rings is 1. The fraction of sp³-hybridized carbons (Fsp3) is 0.385. The second-order valence-corrected chi connectivity index (χ2v) is 5.10. The summed E-state index contributed by atoms with van der Waals surface area (Å²) in [4.78, 5) is 37.0. The van der Waals surface area contributed by atoms with Gasteiger partial charge in [0.1, 0.15) is 6.04 Å². The lowest BCUT2D eigenvalue weighted by molar-refractivity contribution is -0.144. The van der Waals surface area contributed by atoms with Gasteiger partial charge in [-0.15, -0.1) is 0 Å². The summed E-state index contributed by atoms with van der Waals surface area (Å²) in [5.41, 5.74) is 8.84. The first-order chi connectivity index (χ1) is 10.5. The lowest BCUT2D eigenvalue weighted by Crippen LogP contribution is -2.43. The Hall–Kier alpha value is -2.35. The molecule has 0 radical (unpaired) electrons. The van der Waals surface area contributed by atoms with E-state index in [2.05, 4.69) is 10.1 Å². The summed E-state index contributed by atoms with van der Waals surface area (Å²) >= 11 is 1.39. The number of amides is 1. The number of carbonyl (C=O) groups is 3. The number of ether oxygens (including phenoxy) is 1. The van der Waals surface area contributed by atoms with Gasteiger partial charge in [-0.05, 0) is 23.2 Å². The van der Waals surface area contributed by atoms with Crippen LogP contribution in [0.2, 0.25) is 0 Å². The van der Waals surface area contributed by atoms with Gasteiger partial charge in [0.2, 0.25) is 5.78 Å². The maximum atomic E-state index is 12.1. The smallest absolute Gasteiger partial charge is 0.326 e. The molecule has 0 fully saturated rings. The quantitative estimate of drug-likeness (QED) is 0.391. The number of hydrogen-bond acceptors (Lipinski definition) is 5. The summed E-state index contributed by atoms with van der Waals surface area (Å²) in [6.07, 6.45) is -0.518. The summed E-state index contributed by atoms with van der Waals surface area (Å²) in [5, 5.41) is 14.9. The Balaban J connectivity index is 2.69. The van der Waals surface area contributed by atoms with E-state index in [0.717, 1.165) is 0 Å². The molecule has 9 heteroatoms. The van der Waals surface area contributed by atoms with Crippen LogP contribution in [0.1, 0.15) is 24.5 Å². The van der Waals surface area contributed by atoms with E-state index in [1.807, 2.05) is 0 Å². The fourth-order valence-corrected chi connectivity index (χ4v) is 2.41. The van der Waals surface area contributed by atoms with Crippen LogP contribution < -0.4 is 5.32 Å². The van der Waals surface area contributed by atoms with Crippen LogP contribution in [0.3, 0.4) is 0 Å². The molecule has 1 rings (SSSR count). The van der Waals surface area contributed by atoms with Crippen molar-refractivity contribution >= 4 is 35.2 Å². The van der Waals surface area contributed by atoms with Crippen molar-refractivity contribution in [3.63, 3.8) is 0 Å². The molecule has 1 aromatic heterocycles. The Bertz CT molecular complexity index is 581. The van der Waals surface area contributed by atoms with E-state index in [1.54, 1.807) is 16.8 Å². The minimum atomic E-state index is -1.26. The topological polar surface area (TPSA) is 129 Å². The Labute approximate surface area is 130 Å². The van der Waals surface area contributed by atoms with Crippen LogP contribution in [0.25, 0.3) is 5.53 Å². The normalized spacial score (nSPS) is 12.8. The number of carbonyl (C=O) groups excluding carboxylic acids is 2. The molecule has 0 bridgehead atoms. The number of rotatable bonds is 9. The van der Waals surface area contributed by atoms with Crippen molar-refractivity contribution in [2.75, 3.05) is 7.11 Å². The van der Waals surface area contributed by atoms with E-state index in [0.29, 0.717) is 11.8 Å². The molecule has 0 saturated heterocycles. The van der Waals surface area contributed by atoms with Crippen LogP contribution in [0.15, 0.2) is 16.8 Å². The second kappa shape index (κ2) is 8.83. The SMILES string of the molecule is COC(C(=O)NC(CCC(=O)C=[N+]=[N-])C(=O)O)c1ccsc1. The van der Waals surface area contributed by atoms with E-state index in [-0.39, 0.29) is 12.8 Å². The van der Waals surface area contributed by atoms with Gasteiger partial charge in [0, 0.05) is 19.1 Å². The molecule has 2 N–H and O–H groups in total. The van der Waals surface area contributed by atoms with E-state index < -0.39 is 29.8 Å². The van der Waals surface area contributed by atoms with Crippen molar-refractivity contribution in [1.82, 2.24) is 5.32 Å². The highest BCUT2D eigenvalue weighted by molar-refractivity contribution is 7.08. The van der Waals surface area contributed by atoms with Crippen molar-refractivity contribution in [1.29, 1.82) is 0 Å². The average molecular weight is 325 g/mol. The molecule has 118 valence electrons. The molecule has 2 atom stereocenters. The Morgan fingerprint density at radius 1 is 1.55 bits per heavy atom. The third kappa shape index (κ3) is 5.21. The largest absolute Gasteiger partial charge is 0.480 e. The third-order valence-electron chi connectivity index (χ3n) is 2.82. The van der Waals surface area contributed by atoms with Crippen LogP contribution in [0, 0.1) is 0 Å². The predicted molar refractivity (Wildman–Crippen MR) is 77.6 cm³/mol. The van der Waals surface area contributed by atoms with Crippen LogP contribution in [0.4, 0.5) is 0 Å². The van der Waals surface area contributed by atoms with Crippen molar-refractivity contribution in [3.8, 4) is 0 Å². The summed E-state index contributed by atoms with van der Waals surface area (Å²) in [5.74, 6) is -2.40. The molecular formula is C13H15N3O5S. The van der Waals surface area contributed by atoms with Crippen LogP contribution in [0.5, 0.6) is 0 Å². The third-order valence-corrected chi connectivity index (χ3v) is 3.52. The molecule has 1 amide bonds. The first-order valence-electron chi connectivity index (χ1n) is 6.28. The first-order valence-corrected chi connectivity index (χ1v) is 7.22. The second-order valence-electron chi connectivity index (χ2n) is 4.32. The molecule has 1 aromatic rings. The van der Waals surface area contributed by atoms with Crippen LogP contribution in [-0.2, 0) is 19.1 Å². The zero-order chi connectivity index (χ0) is 16.5. The summed E-state index contributed by atoms with van der Waals surface area (Å²) < 4.78 is 5.08. The molecule has 0 spiro atoms.